The Morgan fingerprint density at radius 1 is 0.967 bits per heavy atom. The van der Waals surface area contributed by atoms with E-state index in [0.717, 1.165) is 22.5 Å². The highest BCUT2D eigenvalue weighted by Gasteiger charge is 2.15. The quantitative estimate of drug-likeness (QED) is 0.421. The predicted molar refractivity (Wildman–Crippen MR) is 118 cm³/mol. The summed E-state index contributed by atoms with van der Waals surface area (Å²) in [5.74, 6) is -0.359. The molecule has 3 aromatic carbocycles. The largest absolute Gasteiger partial charge is 0.304 e. The molecule has 152 valence electrons. The Bertz CT molecular complexity index is 1110. The molecule has 0 unspecified atom stereocenters. The SMILES string of the molecule is C[C@@H](NCc1nn(Cc2ccc(F)cc2Cl)nc1-c1ccccc1)c1ccccc1. The number of hydrogen-bond acceptors (Lipinski definition) is 3. The number of aromatic nitrogens is 3. The third-order valence-corrected chi connectivity index (χ3v) is 5.33. The minimum Gasteiger partial charge on any atom is -0.304 e. The van der Waals surface area contributed by atoms with Crippen molar-refractivity contribution in [2.24, 2.45) is 0 Å². The average molecular weight is 421 g/mol. The van der Waals surface area contributed by atoms with E-state index in [1.165, 1.54) is 17.7 Å². The maximum absolute atomic E-state index is 13.4. The summed E-state index contributed by atoms with van der Waals surface area (Å²) in [6.07, 6.45) is 0. The Kier molecular flexibility index (Phi) is 6.21. The molecule has 0 radical (unpaired) electrons. The number of nitrogens with one attached hydrogen (secondary N) is 1. The van der Waals surface area contributed by atoms with Gasteiger partial charge in [0.15, 0.2) is 0 Å². The first-order valence-electron chi connectivity index (χ1n) is 9.82. The number of benzene rings is 3. The minimum absolute atomic E-state index is 0.173. The van der Waals surface area contributed by atoms with E-state index < -0.39 is 0 Å². The Morgan fingerprint density at radius 3 is 2.37 bits per heavy atom. The summed E-state index contributed by atoms with van der Waals surface area (Å²) in [5, 5.41) is 13.3. The van der Waals surface area contributed by atoms with Crippen LogP contribution in [0.25, 0.3) is 11.3 Å². The number of nitrogens with zero attached hydrogens (tertiary/aromatic N) is 3. The molecule has 0 aliphatic carbocycles. The lowest BCUT2D eigenvalue weighted by atomic mass is 10.1. The van der Waals surface area contributed by atoms with Crippen molar-refractivity contribution in [3.8, 4) is 11.3 Å². The van der Waals surface area contributed by atoms with Gasteiger partial charge in [-0.15, -0.1) is 0 Å². The Labute approximate surface area is 180 Å². The molecule has 0 aliphatic rings. The Balaban J connectivity index is 1.59. The summed E-state index contributed by atoms with van der Waals surface area (Å²) in [6.45, 7) is 3.06. The molecule has 30 heavy (non-hydrogen) atoms. The molecule has 4 nitrogen and oxygen atoms in total. The van der Waals surface area contributed by atoms with Crippen LogP contribution in [0.3, 0.4) is 0 Å². The van der Waals surface area contributed by atoms with E-state index in [1.54, 1.807) is 10.9 Å². The maximum atomic E-state index is 13.4. The summed E-state index contributed by atoms with van der Waals surface area (Å²) in [7, 11) is 0. The standard InChI is InChI=1S/C24H22ClFN4/c1-17(18-8-4-2-5-9-18)27-15-23-24(19-10-6-3-7-11-19)29-30(28-23)16-20-12-13-21(26)14-22(20)25/h2-14,17,27H,15-16H2,1H3/t17-/m1/s1. The van der Waals surface area contributed by atoms with Crippen LogP contribution in [0.2, 0.25) is 5.02 Å². The van der Waals surface area contributed by atoms with Crippen LogP contribution in [0.1, 0.15) is 29.8 Å². The fraction of sp³-hybridized carbons (Fsp3) is 0.167. The molecule has 0 amide bonds. The van der Waals surface area contributed by atoms with Crippen molar-refractivity contribution in [3.63, 3.8) is 0 Å². The zero-order valence-electron chi connectivity index (χ0n) is 16.6. The Morgan fingerprint density at radius 2 is 1.67 bits per heavy atom. The lowest BCUT2D eigenvalue weighted by molar-refractivity contribution is 0.546. The normalized spacial score (nSPS) is 12.1. The van der Waals surface area contributed by atoms with E-state index in [2.05, 4.69) is 24.4 Å². The molecule has 4 rings (SSSR count). The molecule has 1 N–H and O–H groups in total. The highest BCUT2D eigenvalue weighted by atomic mass is 35.5. The van der Waals surface area contributed by atoms with Gasteiger partial charge < -0.3 is 5.32 Å². The van der Waals surface area contributed by atoms with Crippen LogP contribution in [0.4, 0.5) is 4.39 Å². The van der Waals surface area contributed by atoms with E-state index in [-0.39, 0.29) is 11.9 Å². The van der Waals surface area contributed by atoms with E-state index in [9.17, 15) is 4.39 Å². The van der Waals surface area contributed by atoms with Gasteiger partial charge >= 0.3 is 0 Å². The van der Waals surface area contributed by atoms with E-state index in [4.69, 9.17) is 21.8 Å². The molecular weight excluding hydrogens is 399 g/mol. The number of rotatable bonds is 7. The van der Waals surface area contributed by atoms with Crippen LogP contribution < -0.4 is 5.32 Å². The molecule has 0 fully saturated rings. The molecule has 1 aromatic heterocycles. The summed E-state index contributed by atoms with van der Waals surface area (Å²) in [6, 6.07) is 24.8. The lowest BCUT2D eigenvalue weighted by Crippen LogP contribution is -2.19. The highest BCUT2D eigenvalue weighted by Crippen LogP contribution is 2.23. The van der Waals surface area contributed by atoms with Gasteiger partial charge in [0.05, 0.1) is 6.54 Å². The van der Waals surface area contributed by atoms with Crippen molar-refractivity contribution in [2.45, 2.75) is 26.1 Å². The van der Waals surface area contributed by atoms with Gasteiger partial charge in [0.2, 0.25) is 0 Å². The van der Waals surface area contributed by atoms with E-state index in [1.807, 2.05) is 48.5 Å². The monoisotopic (exact) mass is 420 g/mol. The van der Waals surface area contributed by atoms with Crippen molar-refractivity contribution in [1.82, 2.24) is 20.3 Å². The third-order valence-electron chi connectivity index (χ3n) is 4.97. The lowest BCUT2D eigenvalue weighted by Gasteiger charge is -2.13. The van der Waals surface area contributed by atoms with Crippen molar-refractivity contribution in [3.05, 3.63) is 107 Å². The van der Waals surface area contributed by atoms with Crippen LogP contribution in [0.5, 0.6) is 0 Å². The summed E-state index contributed by atoms with van der Waals surface area (Å²) in [5.41, 5.74) is 4.65. The molecule has 0 saturated heterocycles. The van der Waals surface area contributed by atoms with Crippen molar-refractivity contribution < 1.29 is 4.39 Å². The van der Waals surface area contributed by atoms with Crippen LogP contribution in [-0.4, -0.2) is 15.0 Å². The highest BCUT2D eigenvalue weighted by molar-refractivity contribution is 6.31. The van der Waals surface area contributed by atoms with Gasteiger partial charge in [-0.2, -0.15) is 15.0 Å². The van der Waals surface area contributed by atoms with Gasteiger partial charge in [-0.3, -0.25) is 0 Å². The van der Waals surface area contributed by atoms with Gasteiger partial charge in [0, 0.05) is 23.2 Å². The topological polar surface area (TPSA) is 42.7 Å². The maximum Gasteiger partial charge on any atom is 0.124 e. The Hall–Kier alpha value is -3.02. The van der Waals surface area contributed by atoms with Crippen molar-refractivity contribution >= 4 is 11.6 Å². The zero-order chi connectivity index (χ0) is 20.9. The number of hydrogen-bond donors (Lipinski definition) is 1. The smallest absolute Gasteiger partial charge is 0.124 e. The minimum atomic E-state index is -0.359. The molecule has 1 atom stereocenters. The molecular formula is C24H22ClFN4. The second-order valence-electron chi connectivity index (χ2n) is 7.14. The van der Waals surface area contributed by atoms with Crippen molar-refractivity contribution in [2.75, 3.05) is 0 Å². The number of halogens is 2. The molecule has 0 aliphatic heterocycles. The second-order valence-corrected chi connectivity index (χ2v) is 7.55. The van der Waals surface area contributed by atoms with Crippen LogP contribution in [-0.2, 0) is 13.1 Å². The van der Waals surface area contributed by atoms with Gasteiger partial charge in [-0.1, -0.05) is 78.3 Å². The first-order chi connectivity index (χ1) is 14.6. The second kappa shape index (κ2) is 9.20. The molecule has 6 heteroatoms. The first-order valence-corrected chi connectivity index (χ1v) is 10.2. The molecule has 0 saturated carbocycles. The van der Waals surface area contributed by atoms with Gasteiger partial charge in [0.25, 0.3) is 0 Å². The van der Waals surface area contributed by atoms with E-state index in [0.29, 0.717) is 18.1 Å². The summed E-state index contributed by atoms with van der Waals surface area (Å²) < 4.78 is 13.4. The van der Waals surface area contributed by atoms with Crippen LogP contribution in [0, 0.1) is 5.82 Å². The fourth-order valence-electron chi connectivity index (χ4n) is 3.30. The molecule has 0 bridgehead atoms. The molecule has 1 heterocycles. The van der Waals surface area contributed by atoms with Gasteiger partial charge in [0.1, 0.15) is 17.2 Å². The first kappa shape index (κ1) is 20.3. The van der Waals surface area contributed by atoms with Crippen LogP contribution >= 0.6 is 11.6 Å². The van der Waals surface area contributed by atoms with Gasteiger partial charge in [-0.25, -0.2) is 4.39 Å². The van der Waals surface area contributed by atoms with E-state index >= 15 is 0 Å². The average Bonchev–Trinajstić information content (AvgIpc) is 3.18. The van der Waals surface area contributed by atoms with Crippen LogP contribution in [0.15, 0.2) is 78.9 Å². The van der Waals surface area contributed by atoms with Gasteiger partial charge in [-0.05, 0) is 30.2 Å². The predicted octanol–water partition coefficient (Wildman–Crippen LogP) is 5.64. The molecule has 0 spiro atoms. The third kappa shape index (κ3) is 4.75. The molecule has 4 aromatic rings. The summed E-state index contributed by atoms with van der Waals surface area (Å²) >= 11 is 6.19. The van der Waals surface area contributed by atoms with Crippen molar-refractivity contribution in [1.29, 1.82) is 0 Å². The fourth-order valence-corrected chi connectivity index (χ4v) is 3.53. The summed E-state index contributed by atoms with van der Waals surface area (Å²) in [4.78, 5) is 1.62. The zero-order valence-corrected chi connectivity index (χ0v) is 17.4.